The van der Waals surface area contributed by atoms with Crippen molar-refractivity contribution in [2.45, 2.75) is 19.3 Å². The van der Waals surface area contributed by atoms with Gasteiger partial charge in [0.1, 0.15) is 0 Å². The monoisotopic (exact) mass is 202 g/mol. The van der Waals surface area contributed by atoms with Crippen LogP contribution in [0.25, 0.3) is 10.9 Å². The fraction of sp³-hybridized carbons (Fsp3) is 0.385. The van der Waals surface area contributed by atoms with E-state index >= 15 is 0 Å². The van der Waals surface area contributed by atoms with E-state index in [4.69, 9.17) is 5.73 Å². The van der Waals surface area contributed by atoms with Crippen LogP contribution < -0.4 is 5.73 Å². The highest BCUT2D eigenvalue weighted by molar-refractivity contribution is 5.85. The summed E-state index contributed by atoms with van der Waals surface area (Å²) >= 11 is 0. The maximum atomic E-state index is 5.83. The van der Waals surface area contributed by atoms with Crippen LogP contribution in [0.15, 0.2) is 30.5 Å². The van der Waals surface area contributed by atoms with Gasteiger partial charge >= 0.3 is 0 Å². The lowest BCUT2D eigenvalue weighted by Crippen LogP contribution is -2.27. The highest BCUT2D eigenvalue weighted by Gasteiger charge is 2.22. The molecule has 0 saturated heterocycles. The second kappa shape index (κ2) is 3.38. The first-order valence-corrected chi connectivity index (χ1v) is 5.31. The van der Waals surface area contributed by atoms with Crippen LogP contribution in [-0.2, 0) is 12.5 Å². The van der Waals surface area contributed by atoms with Crippen molar-refractivity contribution in [3.8, 4) is 0 Å². The van der Waals surface area contributed by atoms with E-state index in [0.717, 1.165) is 0 Å². The lowest BCUT2D eigenvalue weighted by Gasteiger charge is -2.21. The van der Waals surface area contributed by atoms with Gasteiger partial charge in [0.25, 0.3) is 0 Å². The fourth-order valence-electron chi connectivity index (χ4n) is 1.99. The molecule has 0 unspecified atom stereocenters. The maximum absolute atomic E-state index is 5.83. The van der Waals surface area contributed by atoms with Crippen molar-refractivity contribution in [2.75, 3.05) is 6.54 Å². The third-order valence-corrected chi connectivity index (χ3v) is 3.14. The van der Waals surface area contributed by atoms with Crippen molar-refractivity contribution in [1.82, 2.24) is 4.57 Å². The van der Waals surface area contributed by atoms with Crippen LogP contribution >= 0.6 is 0 Å². The summed E-state index contributed by atoms with van der Waals surface area (Å²) in [5.41, 5.74) is 8.48. The summed E-state index contributed by atoms with van der Waals surface area (Å²) < 4.78 is 2.17. The van der Waals surface area contributed by atoms with Crippen molar-refractivity contribution in [3.05, 3.63) is 36.0 Å². The molecule has 0 aliphatic rings. The summed E-state index contributed by atoms with van der Waals surface area (Å²) in [6.07, 6.45) is 2.19. The van der Waals surface area contributed by atoms with Crippen LogP contribution in [0.3, 0.4) is 0 Å². The Bertz CT molecular complexity index is 480. The maximum Gasteiger partial charge on any atom is 0.0480 e. The van der Waals surface area contributed by atoms with E-state index in [1.165, 1.54) is 16.5 Å². The Morgan fingerprint density at radius 1 is 1.27 bits per heavy atom. The second-order valence-electron chi connectivity index (χ2n) is 4.76. The van der Waals surface area contributed by atoms with Crippen LogP contribution in [0.2, 0.25) is 0 Å². The van der Waals surface area contributed by atoms with Crippen molar-refractivity contribution in [1.29, 1.82) is 0 Å². The Morgan fingerprint density at radius 3 is 2.60 bits per heavy atom. The van der Waals surface area contributed by atoms with Gasteiger partial charge in [0.05, 0.1) is 0 Å². The van der Waals surface area contributed by atoms with Crippen LogP contribution in [0, 0.1) is 0 Å². The van der Waals surface area contributed by atoms with Gasteiger partial charge in [-0.2, -0.15) is 0 Å². The molecule has 0 amide bonds. The van der Waals surface area contributed by atoms with E-state index in [-0.39, 0.29) is 5.41 Å². The molecule has 0 atom stereocenters. The molecule has 0 bridgehead atoms. The van der Waals surface area contributed by atoms with Crippen molar-refractivity contribution < 1.29 is 0 Å². The minimum absolute atomic E-state index is 0.0425. The molecule has 2 nitrogen and oxygen atoms in total. The average molecular weight is 202 g/mol. The summed E-state index contributed by atoms with van der Waals surface area (Å²) in [6, 6.07) is 8.47. The molecule has 1 aromatic carbocycles. The Morgan fingerprint density at radius 2 is 1.93 bits per heavy atom. The van der Waals surface area contributed by atoms with Crippen molar-refractivity contribution >= 4 is 10.9 Å². The lowest BCUT2D eigenvalue weighted by molar-refractivity contribution is 0.542. The van der Waals surface area contributed by atoms with Crippen LogP contribution in [0.5, 0.6) is 0 Å². The molecule has 15 heavy (non-hydrogen) atoms. The molecule has 0 aliphatic carbocycles. The van der Waals surface area contributed by atoms with Gasteiger partial charge in [-0.1, -0.05) is 32.0 Å². The lowest BCUT2D eigenvalue weighted by atomic mass is 9.85. The molecule has 1 heterocycles. The van der Waals surface area contributed by atoms with Gasteiger partial charge in [-0.25, -0.2) is 0 Å². The van der Waals surface area contributed by atoms with Crippen LogP contribution in [-0.4, -0.2) is 11.1 Å². The number of fused-ring (bicyclic) bond motifs is 1. The predicted molar refractivity (Wildman–Crippen MR) is 65.0 cm³/mol. The quantitative estimate of drug-likeness (QED) is 0.796. The number of aryl methyl sites for hydroxylation is 1. The molecule has 0 radical (unpaired) electrons. The zero-order chi connectivity index (χ0) is 11.1. The van der Waals surface area contributed by atoms with E-state index in [2.05, 4.69) is 55.9 Å². The summed E-state index contributed by atoms with van der Waals surface area (Å²) in [6.45, 7) is 5.05. The number of para-hydroxylation sites is 1. The average Bonchev–Trinajstić information content (AvgIpc) is 2.58. The largest absolute Gasteiger partial charge is 0.350 e. The van der Waals surface area contributed by atoms with Gasteiger partial charge in [0.15, 0.2) is 0 Å². The van der Waals surface area contributed by atoms with E-state index in [1.54, 1.807) is 0 Å². The van der Waals surface area contributed by atoms with Gasteiger partial charge in [-0.3, -0.25) is 0 Å². The van der Waals surface area contributed by atoms with Crippen molar-refractivity contribution in [3.63, 3.8) is 0 Å². The highest BCUT2D eigenvalue weighted by Crippen LogP contribution is 2.30. The number of nitrogens with two attached hydrogens (primary N) is 1. The Labute approximate surface area is 90.7 Å². The first-order chi connectivity index (χ1) is 7.06. The van der Waals surface area contributed by atoms with Gasteiger partial charge in [0.2, 0.25) is 0 Å². The zero-order valence-corrected chi connectivity index (χ0v) is 9.62. The number of aromatic nitrogens is 1. The molecule has 0 fully saturated rings. The van der Waals surface area contributed by atoms with E-state index < -0.39 is 0 Å². The molecule has 0 spiro atoms. The van der Waals surface area contributed by atoms with Crippen molar-refractivity contribution in [2.24, 2.45) is 12.8 Å². The van der Waals surface area contributed by atoms with Crippen LogP contribution in [0.4, 0.5) is 0 Å². The molecule has 80 valence electrons. The summed E-state index contributed by atoms with van der Waals surface area (Å²) in [7, 11) is 2.08. The fourth-order valence-corrected chi connectivity index (χ4v) is 1.99. The second-order valence-corrected chi connectivity index (χ2v) is 4.76. The number of hydrogen-bond acceptors (Lipinski definition) is 1. The Hall–Kier alpha value is -1.28. The Kier molecular flexibility index (Phi) is 2.31. The first-order valence-electron chi connectivity index (χ1n) is 5.31. The third-order valence-electron chi connectivity index (χ3n) is 3.14. The molecular formula is C13H18N2. The minimum atomic E-state index is 0.0425. The number of hydrogen-bond donors (Lipinski definition) is 1. The Balaban J connectivity index is 2.72. The third kappa shape index (κ3) is 1.55. The van der Waals surface area contributed by atoms with E-state index in [1.807, 2.05) is 0 Å². The predicted octanol–water partition coefficient (Wildman–Crippen LogP) is 2.41. The molecule has 2 rings (SSSR count). The van der Waals surface area contributed by atoms with Gasteiger partial charge in [0, 0.05) is 36.1 Å². The van der Waals surface area contributed by atoms with Gasteiger partial charge in [-0.05, 0) is 11.6 Å². The molecule has 2 aromatic rings. The molecule has 1 aromatic heterocycles. The molecular weight excluding hydrogens is 184 g/mol. The standard InChI is InChI=1S/C13H18N2/c1-13(2,9-14)11-8-15(3)12-7-5-4-6-10(11)12/h4-8H,9,14H2,1-3H3. The topological polar surface area (TPSA) is 30.9 Å². The first kappa shape index (κ1) is 10.2. The summed E-state index contributed by atoms with van der Waals surface area (Å²) in [4.78, 5) is 0. The molecule has 0 saturated carbocycles. The van der Waals surface area contributed by atoms with E-state index in [9.17, 15) is 0 Å². The number of nitrogens with zero attached hydrogens (tertiary/aromatic N) is 1. The van der Waals surface area contributed by atoms with E-state index in [0.29, 0.717) is 6.54 Å². The zero-order valence-electron chi connectivity index (χ0n) is 9.62. The smallest absolute Gasteiger partial charge is 0.0480 e. The molecule has 2 heteroatoms. The minimum Gasteiger partial charge on any atom is -0.350 e. The summed E-state index contributed by atoms with van der Waals surface area (Å²) in [5, 5.41) is 1.32. The molecule has 0 aliphatic heterocycles. The van der Waals surface area contributed by atoms with Gasteiger partial charge < -0.3 is 10.3 Å². The molecule has 2 N–H and O–H groups in total. The highest BCUT2D eigenvalue weighted by atomic mass is 14.9. The van der Waals surface area contributed by atoms with Crippen LogP contribution in [0.1, 0.15) is 19.4 Å². The number of rotatable bonds is 2. The number of benzene rings is 1. The normalized spacial score (nSPS) is 12.3. The summed E-state index contributed by atoms with van der Waals surface area (Å²) in [5.74, 6) is 0. The SMILES string of the molecule is Cn1cc(C(C)(C)CN)c2ccccc21. The van der Waals surface area contributed by atoms with Gasteiger partial charge in [-0.15, -0.1) is 0 Å².